The van der Waals surface area contributed by atoms with Gasteiger partial charge in [0.25, 0.3) is 0 Å². The lowest BCUT2D eigenvalue weighted by molar-refractivity contribution is -0.126. The number of terminal acetylenes is 1. The highest BCUT2D eigenvalue weighted by Crippen LogP contribution is 2.35. The van der Waals surface area contributed by atoms with E-state index in [1.165, 1.54) is 11.1 Å². The number of nitrogens with one attached hydrogen (secondary N) is 2. The molecule has 3 aromatic heterocycles. The zero-order valence-electron chi connectivity index (χ0n) is 24.0. The minimum Gasteiger partial charge on any atom is -0.367 e. The van der Waals surface area contributed by atoms with Gasteiger partial charge in [0.2, 0.25) is 5.95 Å². The van der Waals surface area contributed by atoms with Gasteiger partial charge in [-0.25, -0.2) is 4.98 Å². The van der Waals surface area contributed by atoms with Crippen LogP contribution in [0.1, 0.15) is 47.9 Å². The molecule has 0 bridgehead atoms. The molecule has 0 aliphatic carbocycles. The highest BCUT2D eigenvalue weighted by Gasteiger charge is 2.29. The van der Waals surface area contributed by atoms with Gasteiger partial charge in [-0.1, -0.05) is 13.0 Å². The molecule has 11 heteroatoms. The zero-order valence-corrected chi connectivity index (χ0v) is 24.8. The van der Waals surface area contributed by atoms with E-state index in [1.807, 2.05) is 10.6 Å². The third kappa shape index (κ3) is 6.33. The topological polar surface area (TPSA) is 81.8 Å². The summed E-state index contributed by atoms with van der Waals surface area (Å²) in [4.78, 5) is 12.1. The molecule has 2 N–H and O–H groups in total. The molecule has 1 unspecified atom stereocenters. The van der Waals surface area contributed by atoms with Crippen LogP contribution in [0.4, 0.5) is 24.9 Å². The predicted molar refractivity (Wildman–Crippen MR) is 163 cm³/mol. The molecule has 0 radical (unpaired) electrons. The number of nitrogens with zero attached hydrogens (tertiary/aromatic N) is 5. The fourth-order valence-corrected chi connectivity index (χ4v) is 6.71. The molecule has 1 atom stereocenters. The van der Waals surface area contributed by atoms with E-state index < -0.39 is 12.6 Å². The summed E-state index contributed by atoms with van der Waals surface area (Å²) in [6.07, 6.45) is 3.06. The second-order valence-electron chi connectivity index (χ2n) is 10.9. The number of benzene rings is 1. The Morgan fingerprint density at radius 3 is 2.60 bits per heavy atom. The molecule has 1 fully saturated rings. The summed E-state index contributed by atoms with van der Waals surface area (Å²) >= 11 is 1.05. The lowest BCUT2D eigenvalue weighted by Gasteiger charge is -2.33. The number of thiophene rings is 1. The molecule has 220 valence electrons. The monoisotopic (exact) mass is 593 g/mol. The second-order valence-corrected chi connectivity index (χ2v) is 12.0. The van der Waals surface area contributed by atoms with E-state index in [2.05, 4.69) is 63.5 Å². The maximum Gasteiger partial charge on any atom is 0.393 e. The number of rotatable bonds is 9. The Balaban J connectivity index is 1.27. The summed E-state index contributed by atoms with van der Waals surface area (Å²) in [5.41, 5.74) is 4.06. The molecule has 0 amide bonds. The number of likely N-dealkylation sites (tertiary alicyclic amines) is 1. The van der Waals surface area contributed by atoms with Crippen molar-refractivity contribution in [1.82, 2.24) is 19.4 Å². The maximum atomic E-state index is 13.0. The second kappa shape index (κ2) is 12.2. The summed E-state index contributed by atoms with van der Waals surface area (Å²) in [6.45, 7) is 7.35. The van der Waals surface area contributed by atoms with Crippen LogP contribution in [0.5, 0.6) is 0 Å². The fourth-order valence-electron chi connectivity index (χ4n) is 5.65. The lowest BCUT2D eigenvalue weighted by Crippen LogP contribution is -2.39. The van der Waals surface area contributed by atoms with Crippen LogP contribution in [0.3, 0.4) is 0 Å². The summed E-state index contributed by atoms with van der Waals surface area (Å²) < 4.78 is 41.1. The summed E-state index contributed by atoms with van der Waals surface area (Å²) in [5, 5.41) is 17.9. The van der Waals surface area contributed by atoms with Crippen LogP contribution in [0.15, 0.2) is 24.3 Å². The maximum absolute atomic E-state index is 13.0. The van der Waals surface area contributed by atoms with E-state index in [0.29, 0.717) is 34.2 Å². The standard InChI is InChI=1S/C31H34F3N7S/c1-5-20(6-2)17-41-23(16-35)13-25-19(3)21(7-8-27(25)41)18-40-11-9-22(10-12-40)37-28-26-14-24(15-31(32,33)34)42-29(26)39-30(36-4)38-28/h1,7-8,13-14,20,22H,6,9-12,15,17-18H2,2-4H3,(H2,36,37,38,39). The number of nitriles is 1. The Morgan fingerprint density at radius 1 is 1.19 bits per heavy atom. The molecule has 1 saturated heterocycles. The van der Waals surface area contributed by atoms with E-state index in [-0.39, 0.29) is 16.8 Å². The first-order chi connectivity index (χ1) is 20.1. The van der Waals surface area contributed by atoms with Gasteiger partial charge < -0.3 is 15.2 Å². The largest absolute Gasteiger partial charge is 0.393 e. The molecule has 42 heavy (non-hydrogen) atoms. The molecule has 5 rings (SSSR count). The number of fused-ring (bicyclic) bond motifs is 2. The van der Waals surface area contributed by atoms with Gasteiger partial charge in [-0.05, 0) is 55.5 Å². The average molecular weight is 594 g/mol. The molecule has 1 aliphatic heterocycles. The van der Waals surface area contributed by atoms with E-state index in [0.717, 1.165) is 61.1 Å². The van der Waals surface area contributed by atoms with Crippen LogP contribution >= 0.6 is 11.3 Å². The first-order valence-corrected chi connectivity index (χ1v) is 15.0. The molecular formula is C31H34F3N7S. The molecular weight excluding hydrogens is 559 g/mol. The normalized spacial score (nSPS) is 15.5. The molecule has 4 heterocycles. The Labute approximate surface area is 247 Å². The number of alkyl halides is 3. The van der Waals surface area contributed by atoms with Crippen molar-refractivity contribution in [2.45, 2.75) is 64.8 Å². The summed E-state index contributed by atoms with van der Waals surface area (Å²) in [7, 11) is 1.70. The first kappa shape index (κ1) is 29.7. The Morgan fingerprint density at radius 2 is 1.95 bits per heavy atom. The summed E-state index contributed by atoms with van der Waals surface area (Å²) in [5.74, 6) is 3.86. The van der Waals surface area contributed by atoms with Crippen LogP contribution in [-0.4, -0.2) is 51.8 Å². The van der Waals surface area contributed by atoms with Gasteiger partial charge in [-0.3, -0.25) is 4.90 Å². The van der Waals surface area contributed by atoms with Crippen molar-refractivity contribution in [2.24, 2.45) is 5.92 Å². The van der Waals surface area contributed by atoms with Crippen molar-refractivity contribution < 1.29 is 13.2 Å². The quantitative estimate of drug-likeness (QED) is 0.210. The number of halogens is 3. The van der Waals surface area contributed by atoms with Crippen molar-refractivity contribution in [1.29, 1.82) is 5.26 Å². The SMILES string of the molecule is C#CC(CC)Cn1c(C#N)cc2c(C)c(CN3CCC(Nc4nc(NC)nc5sc(CC(F)(F)F)cc45)CC3)ccc21. The smallest absolute Gasteiger partial charge is 0.367 e. The van der Waals surface area contributed by atoms with Crippen LogP contribution in [0, 0.1) is 36.5 Å². The Bertz CT molecular complexity index is 1670. The van der Waals surface area contributed by atoms with Gasteiger partial charge in [-0.15, -0.1) is 23.7 Å². The fraction of sp³-hybridized carbons (Fsp3) is 0.452. The van der Waals surface area contributed by atoms with Gasteiger partial charge in [0.05, 0.1) is 11.8 Å². The van der Waals surface area contributed by atoms with Gasteiger partial charge in [-0.2, -0.15) is 23.4 Å². The zero-order chi connectivity index (χ0) is 30.0. The minimum absolute atomic E-state index is 0.0764. The van der Waals surface area contributed by atoms with Crippen LogP contribution < -0.4 is 10.6 Å². The van der Waals surface area contributed by atoms with Crippen molar-refractivity contribution in [3.05, 3.63) is 46.0 Å². The van der Waals surface area contributed by atoms with Gasteiger partial charge >= 0.3 is 6.18 Å². The molecule has 4 aromatic rings. The molecule has 0 saturated carbocycles. The summed E-state index contributed by atoms with van der Waals surface area (Å²) in [6, 6.07) is 10.3. The van der Waals surface area contributed by atoms with E-state index in [4.69, 9.17) is 6.42 Å². The first-order valence-electron chi connectivity index (χ1n) is 14.1. The third-order valence-electron chi connectivity index (χ3n) is 8.08. The van der Waals surface area contributed by atoms with Gasteiger partial charge in [0.1, 0.15) is 22.4 Å². The highest BCUT2D eigenvalue weighted by molar-refractivity contribution is 7.18. The van der Waals surface area contributed by atoms with E-state index in [9.17, 15) is 18.4 Å². The lowest BCUT2D eigenvalue weighted by atomic mass is 10.0. The van der Waals surface area contributed by atoms with Gasteiger partial charge in [0, 0.05) is 61.0 Å². The third-order valence-corrected chi connectivity index (χ3v) is 9.11. The molecule has 1 aromatic carbocycles. The number of piperidine rings is 1. The number of hydrogen-bond donors (Lipinski definition) is 2. The van der Waals surface area contributed by atoms with E-state index >= 15 is 0 Å². The predicted octanol–water partition coefficient (Wildman–Crippen LogP) is 6.71. The van der Waals surface area contributed by atoms with Crippen LogP contribution in [0.2, 0.25) is 0 Å². The molecule has 7 nitrogen and oxygen atoms in total. The minimum atomic E-state index is -4.27. The Hall–Kier alpha value is -3.80. The van der Waals surface area contributed by atoms with Crippen LogP contribution in [-0.2, 0) is 19.5 Å². The molecule has 1 aliphatic rings. The molecule has 0 spiro atoms. The average Bonchev–Trinajstić information content (AvgIpc) is 3.53. The van der Waals surface area contributed by atoms with E-state index in [1.54, 1.807) is 13.1 Å². The Kier molecular flexibility index (Phi) is 8.63. The van der Waals surface area contributed by atoms with Crippen molar-refractivity contribution in [2.75, 3.05) is 30.8 Å². The van der Waals surface area contributed by atoms with Crippen molar-refractivity contribution in [3.8, 4) is 18.4 Å². The number of hydrogen-bond acceptors (Lipinski definition) is 7. The van der Waals surface area contributed by atoms with Crippen molar-refractivity contribution in [3.63, 3.8) is 0 Å². The number of aryl methyl sites for hydroxylation is 1. The van der Waals surface area contributed by atoms with Crippen LogP contribution in [0.25, 0.3) is 21.1 Å². The number of anilines is 2. The number of aromatic nitrogens is 3. The van der Waals surface area contributed by atoms with Crippen molar-refractivity contribution >= 4 is 44.2 Å². The highest BCUT2D eigenvalue weighted by atomic mass is 32.1. The van der Waals surface area contributed by atoms with Gasteiger partial charge in [0.15, 0.2) is 0 Å².